The van der Waals surface area contributed by atoms with Crippen molar-refractivity contribution >= 4 is 15.9 Å². The van der Waals surface area contributed by atoms with Gasteiger partial charge >= 0.3 is 0 Å². The molecule has 0 heterocycles. The first-order chi connectivity index (χ1) is 8.07. The summed E-state index contributed by atoms with van der Waals surface area (Å²) < 4.78 is 27.6. The maximum Gasteiger partial charge on any atom is 0.299 e. The molecule has 0 amide bonds. The molecular formula is C11H15N3O2S. The summed E-state index contributed by atoms with van der Waals surface area (Å²) >= 11 is 0. The molecule has 5 nitrogen and oxygen atoms in total. The molecular weight excluding hydrogens is 238 g/mol. The number of anilines is 1. The quantitative estimate of drug-likeness (QED) is 0.673. The molecule has 0 fully saturated rings. The number of benzene rings is 1. The summed E-state index contributed by atoms with van der Waals surface area (Å²) in [6.07, 6.45) is 0. The minimum Gasteiger partial charge on any atom is -0.320 e. The standard InChI is InChI=1S/C11H15N3O2S/c1-2-13-17(15,16)14-11-7-3-5-10(9-11)6-4-8-12/h3,5,7,9,13-14H,2,8,12H2,1H3. The summed E-state index contributed by atoms with van der Waals surface area (Å²) in [6, 6.07) is 6.82. The number of hydrogen-bond acceptors (Lipinski definition) is 3. The minimum absolute atomic E-state index is 0.271. The molecule has 6 heteroatoms. The molecule has 0 bridgehead atoms. The number of nitrogens with one attached hydrogen (secondary N) is 2. The van der Waals surface area contributed by atoms with Gasteiger partial charge in [0, 0.05) is 12.1 Å². The highest BCUT2D eigenvalue weighted by molar-refractivity contribution is 7.90. The molecule has 0 unspecified atom stereocenters. The Balaban J connectivity index is 2.86. The molecule has 17 heavy (non-hydrogen) atoms. The van der Waals surface area contributed by atoms with Crippen molar-refractivity contribution in [3.05, 3.63) is 29.8 Å². The maximum atomic E-state index is 11.4. The largest absolute Gasteiger partial charge is 0.320 e. The van der Waals surface area contributed by atoms with Gasteiger partial charge < -0.3 is 5.73 Å². The summed E-state index contributed by atoms with van der Waals surface area (Å²) in [5.41, 5.74) is 6.44. The SMILES string of the molecule is CCNS(=O)(=O)Nc1cccc(C#CCN)c1. The summed E-state index contributed by atoms with van der Waals surface area (Å²) in [7, 11) is -3.49. The highest BCUT2D eigenvalue weighted by Gasteiger charge is 2.07. The molecule has 0 aliphatic rings. The van der Waals surface area contributed by atoms with Crippen molar-refractivity contribution < 1.29 is 8.42 Å². The predicted octanol–water partition coefficient (Wildman–Crippen LogP) is 0.263. The third-order valence-electron chi connectivity index (χ3n) is 1.78. The van der Waals surface area contributed by atoms with E-state index in [1.165, 1.54) is 0 Å². The number of hydrogen-bond donors (Lipinski definition) is 3. The Bertz CT molecular complexity index is 529. The van der Waals surface area contributed by atoms with E-state index in [9.17, 15) is 8.42 Å². The van der Waals surface area contributed by atoms with E-state index < -0.39 is 10.2 Å². The average molecular weight is 253 g/mol. The Morgan fingerprint density at radius 3 is 2.82 bits per heavy atom. The minimum atomic E-state index is -3.49. The van der Waals surface area contributed by atoms with Crippen LogP contribution >= 0.6 is 0 Å². The van der Waals surface area contributed by atoms with Crippen LogP contribution < -0.4 is 15.2 Å². The molecule has 0 saturated heterocycles. The van der Waals surface area contributed by atoms with Crippen LogP contribution in [0.5, 0.6) is 0 Å². The van der Waals surface area contributed by atoms with Crippen molar-refractivity contribution in [3.63, 3.8) is 0 Å². The van der Waals surface area contributed by atoms with E-state index in [4.69, 9.17) is 5.73 Å². The van der Waals surface area contributed by atoms with Gasteiger partial charge in [-0.3, -0.25) is 4.72 Å². The van der Waals surface area contributed by atoms with Gasteiger partial charge in [0.1, 0.15) is 0 Å². The Labute approximate surface area is 102 Å². The molecule has 0 aliphatic heterocycles. The van der Waals surface area contributed by atoms with Crippen LogP contribution in [-0.2, 0) is 10.2 Å². The highest BCUT2D eigenvalue weighted by Crippen LogP contribution is 2.10. The van der Waals surface area contributed by atoms with Crippen molar-refractivity contribution in [1.82, 2.24) is 4.72 Å². The lowest BCUT2D eigenvalue weighted by Gasteiger charge is -2.07. The number of rotatable bonds is 4. The molecule has 92 valence electrons. The third kappa shape index (κ3) is 4.87. The van der Waals surface area contributed by atoms with Crippen molar-refractivity contribution in [2.45, 2.75) is 6.92 Å². The van der Waals surface area contributed by atoms with Crippen LogP contribution in [0.3, 0.4) is 0 Å². The molecule has 0 atom stereocenters. The zero-order valence-corrected chi connectivity index (χ0v) is 10.3. The van der Waals surface area contributed by atoms with Crippen molar-refractivity contribution in [2.24, 2.45) is 5.73 Å². The van der Waals surface area contributed by atoms with E-state index in [0.717, 1.165) is 0 Å². The van der Waals surface area contributed by atoms with Gasteiger partial charge in [-0.15, -0.1) is 0 Å². The normalized spacial score (nSPS) is 10.5. The maximum absolute atomic E-state index is 11.4. The molecule has 4 N–H and O–H groups in total. The lowest BCUT2D eigenvalue weighted by Crippen LogP contribution is -2.29. The zero-order chi connectivity index (χ0) is 12.7. The average Bonchev–Trinajstić information content (AvgIpc) is 2.26. The summed E-state index contributed by atoms with van der Waals surface area (Å²) in [5.74, 6) is 5.54. The number of nitrogens with two attached hydrogens (primary N) is 1. The molecule has 0 aromatic heterocycles. The van der Waals surface area contributed by atoms with Gasteiger partial charge in [0.15, 0.2) is 0 Å². The lowest BCUT2D eigenvalue weighted by molar-refractivity contribution is 0.589. The van der Waals surface area contributed by atoms with Gasteiger partial charge in [0.05, 0.1) is 12.2 Å². The molecule has 1 aromatic rings. The van der Waals surface area contributed by atoms with Crippen LogP contribution in [0, 0.1) is 11.8 Å². The fraction of sp³-hybridized carbons (Fsp3) is 0.273. The first-order valence-corrected chi connectivity index (χ1v) is 6.62. The van der Waals surface area contributed by atoms with Crippen LogP contribution in [-0.4, -0.2) is 21.5 Å². The van der Waals surface area contributed by atoms with E-state index in [1.54, 1.807) is 31.2 Å². The van der Waals surface area contributed by atoms with Gasteiger partial charge in [-0.25, -0.2) is 0 Å². The van der Waals surface area contributed by atoms with Gasteiger partial charge in [0.25, 0.3) is 10.2 Å². The fourth-order valence-electron chi connectivity index (χ4n) is 1.19. The molecule has 1 aromatic carbocycles. The van der Waals surface area contributed by atoms with E-state index in [1.807, 2.05) is 0 Å². The molecule has 0 spiro atoms. The van der Waals surface area contributed by atoms with Crippen LogP contribution in [0.4, 0.5) is 5.69 Å². The van der Waals surface area contributed by atoms with Crippen LogP contribution in [0.15, 0.2) is 24.3 Å². The van der Waals surface area contributed by atoms with Crippen molar-refractivity contribution in [2.75, 3.05) is 17.8 Å². The molecule has 0 aliphatic carbocycles. The zero-order valence-electron chi connectivity index (χ0n) is 9.53. The molecule has 0 radical (unpaired) electrons. The van der Waals surface area contributed by atoms with Gasteiger partial charge in [-0.1, -0.05) is 24.8 Å². The summed E-state index contributed by atoms with van der Waals surface area (Å²) in [4.78, 5) is 0. The Morgan fingerprint density at radius 2 is 2.18 bits per heavy atom. The third-order valence-corrected chi connectivity index (χ3v) is 2.96. The Kier molecular flexibility index (Phi) is 4.97. The van der Waals surface area contributed by atoms with Crippen molar-refractivity contribution in [1.29, 1.82) is 0 Å². The van der Waals surface area contributed by atoms with Crippen molar-refractivity contribution in [3.8, 4) is 11.8 Å². The second kappa shape index (κ2) is 6.25. The second-order valence-electron chi connectivity index (χ2n) is 3.19. The smallest absolute Gasteiger partial charge is 0.299 e. The monoisotopic (exact) mass is 253 g/mol. The van der Waals surface area contributed by atoms with E-state index >= 15 is 0 Å². The summed E-state index contributed by atoms with van der Waals surface area (Å²) in [5, 5.41) is 0. The van der Waals surface area contributed by atoms with Crippen LogP contribution in [0.2, 0.25) is 0 Å². The Morgan fingerprint density at radius 1 is 1.41 bits per heavy atom. The first-order valence-electron chi connectivity index (χ1n) is 5.14. The highest BCUT2D eigenvalue weighted by atomic mass is 32.2. The topological polar surface area (TPSA) is 84.2 Å². The lowest BCUT2D eigenvalue weighted by atomic mass is 10.2. The van der Waals surface area contributed by atoms with Crippen LogP contribution in [0.1, 0.15) is 12.5 Å². The van der Waals surface area contributed by atoms with E-state index in [-0.39, 0.29) is 6.54 Å². The first kappa shape index (κ1) is 13.5. The van der Waals surface area contributed by atoms with E-state index in [0.29, 0.717) is 17.8 Å². The Hall–Kier alpha value is -1.55. The second-order valence-corrected chi connectivity index (χ2v) is 4.69. The van der Waals surface area contributed by atoms with Gasteiger partial charge in [-0.05, 0) is 18.2 Å². The van der Waals surface area contributed by atoms with Gasteiger partial charge in [-0.2, -0.15) is 13.1 Å². The van der Waals surface area contributed by atoms with Crippen LogP contribution in [0.25, 0.3) is 0 Å². The van der Waals surface area contributed by atoms with E-state index in [2.05, 4.69) is 21.3 Å². The van der Waals surface area contributed by atoms with Gasteiger partial charge in [0.2, 0.25) is 0 Å². The molecule has 0 saturated carbocycles. The predicted molar refractivity (Wildman–Crippen MR) is 68.6 cm³/mol. The summed E-state index contributed by atoms with van der Waals surface area (Å²) in [6.45, 7) is 2.32. The fourth-order valence-corrected chi connectivity index (χ4v) is 2.08. The molecule has 1 rings (SSSR count).